The average Bonchev–Trinajstić information content (AvgIpc) is 2.60. The zero-order valence-electron chi connectivity index (χ0n) is 13.8. The Bertz CT molecular complexity index is 600. The van der Waals surface area contributed by atoms with E-state index in [0.717, 1.165) is 18.4 Å². The third kappa shape index (κ3) is 4.71. The number of esters is 1. The second kappa shape index (κ2) is 8.33. The minimum Gasteiger partial charge on any atom is -0.466 e. The maximum Gasteiger partial charge on any atom is 0.312 e. The number of amides is 3. The molecule has 1 heterocycles. The van der Waals surface area contributed by atoms with Crippen LogP contribution in [0, 0.1) is 5.92 Å². The number of urea groups is 1. The summed E-state index contributed by atoms with van der Waals surface area (Å²) in [4.78, 5) is 36.9. The van der Waals surface area contributed by atoms with Gasteiger partial charge in [-0.3, -0.25) is 9.59 Å². The third-order valence-electron chi connectivity index (χ3n) is 4.00. The lowest BCUT2D eigenvalue weighted by atomic mass is 9.97. The lowest BCUT2D eigenvalue weighted by Crippen LogP contribution is -2.42. The molecule has 0 saturated carbocycles. The van der Waals surface area contributed by atoms with Crippen molar-refractivity contribution in [3.63, 3.8) is 0 Å². The Kier molecular flexibility index (Phi) is 6.17. The van der Waals surface area contributed by atoms with Crippen molar-refractivity contribution in [1.29, 1.82) is 0 Å². The molecule has 2 rings (SSSR count). The zero-order chi connectivity index (χ0) is 17.5. The lowest BCUT2D eigenvalue weighted by Gasteiger charge is -2.31. The monoisotopic (exact) mass is 333 g/mol. The van der Waals surface area contributed by atoms with Gasteiger partial charge < -0.3 is 20.7 Å². The van der Waals surface area contributed by atoms with E-state index in [-0.39, 0.29) is 17.8 Å². The molecule has 0 spiro atoms. The van der Waals surface area contributed by atoms with Crippen molar-refractivity contribution in [2.75, 3.05) is 19.7 Å². The number of benzene rings is 1. The van der Waals surface area contributed by atoms with Crippen molar-refractivity contribution < 1.29 is 19.1 Å². The van der Waals surface area contributed by atoms with Gasteiger partial charge in [-0.15, -0.1) is 0 Å². The summed E-state index contributed by atoms with van der Waals surface area (Å²) >= 11 is 0. The van der Waals surface area contributed by atoms with E-state index in [1.165, 1.54) is 0 Å². The summed E-state index contributed by atoms with van der Waals surface area (Å²) in [5.41, 5.74) is 6.44. The molecule has 1 aliphatic heterocycles. The van der Waals surface area contributed by atoms with E-state index in [0.29, 0.717) is 31.8 Å². The van der Waals surface area contributed by atoms with Crippen LogP contribution < -0.4 is 11.1 Å². The minimum absolute atomic E-state index is 0.0987. The van der Waals surface area contributed by atoms with Gasteiger partial charge in [0.05, 0.1) is 12.5 Å². The molecule has 0 aromatic heterocycles. The molecular formula is C17H23N3O4. The van der Waals surface area contributed by atoms with Crippen LogP contribution in [0.15, 0.2) is 24.3 Å². The SMILES string of the molecule is CCOC(=O)C1CCCN(C(=O)c2ccc(CNC(N)=O)cc2)C1. The number of nitrogens with two attached hydrogens (primary N) is 1. The second-order valence-electron chi connectivity index (χ2n) is 5.76. The molecule has 1 aliphatic rings. The van der Waals surface area contributed by atoms with Crippen LogP contribution in [-0.4, -0.2) is 42.5 Å². The Labute approximate surface area is 141 Å². The number of rotatable bonds is 5. The molecule has 0 aliphatic carbocycles. The first kappa shape index (κ1) is 17.8. The van der Waals surface area contributed by atoms with Gasteiger partial charge in [0.25, 0.3) is 5.91 Å². The van der Waals surface area contributed by atoms with Crippen molar-refractivity contribution in [3.8, 4) is 0 Å². The van der Waals surface area contributed by atoms with Gasteiger partial charge in [-0.05, 0) is 37.5 Å². The topological polar surface area (TPSA) is 102 Å². The van der Waals surface area contributed by atoms with Crippen LogP contribution in [0.4, 0.5) is 4.79 Å². The first-order valence-electron chi connectivity index (χ1n) is 8.09. The molecule has 0 radical (unpaired) electrons. The van der Waals surface area contributed by atoms with Crippen molar-refractivity contribution in [2.45, 2.75) is 26.3 Å². The molecule has 3 N–H and O–H groups in total. The highest BCUT2D eigenvalue weighted by atomic mass is 16.5. The smallest absolute Gasteiger partial charge is 0.312 e. The van der Waals surface area contributed by atoms with Crippen molar-refractivity contribution in [1.82, 2.24) is 10.2 Å². The fourth-order valence-corrected chi connectivity index (χ4v) is 2.75. The van der Waals surface area contributed by atoms with Crippen LogP contribution in [-0.2, 0) is 16.1 Å². The molecule has 1 saturated heterocycles. The summed E-state index contributed by atoms with van der Waals surface area (Å²) < 4.78 is 5.06. The van der Waals surface area contributed by atoms with Gasteiger partial charge in [0.2, 0.25) is 0 Å². The quantitative estimate of drug-likeness (QED) is 0.792. The van der Waals surface area contributed by atoms with E-state index in [4.69, 9.17) is 10.5 Å². The predicted octanol–water partition coefficient (Wildman–Crippen LogP) is 1.27. The summed E-state index contributed by atoms with van der Waals surface area (Å²) in [5, 5.41) is 2.50. The van der Waals surface area contributed by atoms with Gasteiger partial charge in [-0.2, -0.15) is 0 Å². The maximum absolute atomic E-state index is 12.6. The normalized spacial score (nSPS) is 17.2. The number of likely N-dealkylation sites (tertiary alicyclic amines) is 1. The largest absolute Gasteiger partial charge is 0.466 e. The molecule has 1 aromatic rings. The summed E-state index contributed by atoms with van der Waals surface area (Å²) in [6, 6.07) is 6.39. The highest BCUT2D eigenvalue weighted by Gasteiger charge is 2.29. The molecule has 7 heteroatoms. The summed E-state index contributed by atoms with van der Waals surface area (Å²) in [6.45, 7) is 3.48. The number of primary amides is 1. The average molecular weight is 333 g/mol. The van der Waals surface area contributed by atoms with E-state index in [2.05, 4.69) is 5.32 Å². The zero-order valence-corrected chi connectivity index (χ0v) is 13.8. The number of carbonyl (C=O) groups excluding carboxylic acids is 3. The van der Waals surface area contributed by atoms with Gasteiger partial charge in [0.15, 0.2) is 0 Å². The molecule has 1 unspecified atom stereocenters. The number of piperidine rings is 1. The van der Waals surface area contributed by atoms with Crippen LogP contribution in [0.25, 0.3) is 0 Å². The maximum atomic E-state index is 12.6. The first-order chi connectivity index (χ1) is 11.5. The summed E-state index contributed by atoms with van der Waals surface area (Å²) in [5.74, 6) is -0.581. The fourth-order valence-electron chi connectivity index (χ4n) is 2.75. The molecule has 1 aromatic carbocycles. The van der Waals surface area contributed by atoms with E-state index in [1.807, 2.05) is 0 Å². The number of carbonyl (C=O) groups is 3. The minimum atomic E-state index is -0.589. The predicted molar refractivity (Wildman–Crippen MR) is 88.1 cm³/mol. The van der Waals surface area contributed by atoms with Crippen LogP contribution in [0.2, 0.25) is 0 Å². The van der Waals surface area contributed by atoms with Gasteiger partial charge in [-0.1, -0.05) is 12.1 Å². The van der Waals surface area contributed by atoms with Crippen LogP contribution in [0.5, 0.6) is 0 Å². The van der Waals surface area contributed by atoms with E-state index < -0.39 is 6.03 Å². The fraction of sp³-hybridized carbons (Fsp3) is 0.471. The van der Waals surface area contributed by atoms with E-state index in [9.17, 15) is 14.4 Å². The lowest BCUT2D eigenvalue weighted by molar-refractivity contribution is -0.149. The number of hydrogen-bond donors (Lipinski definition) is 2. The Balaban J connectivity index is 1.97. The van der Waals surface area contributed by atoms with Crippen LogP contribution in [0.3, 0.4) is 0 Å². The standard InChI is InChI=1S/C17H23N3O4/c1-2-24-16(22)14-4-3-9-20(11-14)15(21)13-7-5-12(6-8-13)10-19-17(18)23/h5-8,14H,2-4,9-11H2,1H3,(H3,18,19,23). The van der Waals surface area contributed by atoms with Crippen LogP contribution in [0.1, 0.15) is 35.7 Å². The number of nitrogens with one attached hydrogen (secondary N) is 1. The van der Waals surface area contributed by atoms with Gasteiger partial charge in [0.1, 0.15) is 0 Å². The molecule has 3 amide bonds. The van der Waals surface area contributed by atoms with Crippen molar-refractivity contribution >= 4 is 17.9 Å². The molecule has 1 fully saturated rings. The second-order valence-corrected chi connectivity index (χ2v) is 5.76. The first-order valence-corrected chi connectivity index (χ1v) is 8.09. The van der Waals surface area contributed by atoms with Gasteiger partial charge in [-0.25, -0.2) is 4.79 Å². The number of hydrogen-bond acceptors (Lipinski definition) is 4. The van der Waals surface area contributed by atoms with E-state index in [1.54, 1.807) is 36.1 Å². The highest BCUT2D eigenvalue weighted by molar-refractivity contribution is 5.94. The summed E-state index contributed by atoms with van der Waals surface area (Å²) in [6.07, 6.45) is 1.54. The highest BCUT2D eigenvalue weighted by Crippen LogP contribution is 2.20. The Morgan fingerprint density at radius 2 is 2.00 bits per heavy atom. The van der Waals surface area contributed by atoms with Crippen LogP contribution >= 0.6 is 0 Å². The molecule has 24 heavy (non-hydrogen) atoms. The molecule has 7 nitrogen and oxygen atoms in total. The molecule has 1 atom stereocenters. The number of ether oxygens (including phenoxy) is 1. The van der Waals surface area contributed by atoms with Gasteiger partial charge in [0, 0.05) is 25.2 Å². The Morgan fingerprint density at radius 1 is 1.29 bits per heavy atom. The Morgan fingerprint density at radius 3 is 2.62 bits per heavy atom. The molecule has 0 bridgehead atoms. The molecule has 130 valence electrons. The Hall–Kier alpha value is -2.57. The third-order valence-corrected chi connectivity index (χ3v) is 4.00. The molecular weight excluding hydrogens is 310 g/mol. The number of nitrogens with zero attached hydrogens (tertiary/aromatic N) is 1. The van der Waals surface area contributed by atoms with Crippen molar-refractivity contribution in [3.05, 3.63) is 35.4 Å². The summed E-state index contributed by atoms with van der Waals surface area (Å²) in [7, 11) is 0. The van der Waals surface area contributed by atoms with Crippen molar-refractivity contribution in [2.24, 2.45) is 11.7 Å². The van der Waals surface area contributed by atoms with Gasteiger partial charge >= 0.3 is 12.0 Å². The van der Waals surface area contributed by atoms with E-state index >= 15 is 0 Å².